The zero-order valence-electron chi connectivity index (χ0n) is 12.6. The number of halogens is 3. The molecule has 24 heavy (non-hydrogen) atoms. The van der Waals surface area contributed by atoms with Crippen LogP contribution in [0.15, 0.2) is 48.7 Å². The molecule has 1 aromatic heterocycles. The zero-order valence-corrected chi connectivity index (χ0v) is 12.6. The number of ether oxygens (including phenoxy) is 1. The van der Waals surface area contributed by atoms with E-state index in [1.165, 1.54) is 31.5 Å². The van der Waals surface area contributed by atoms with Gasteiger partial charge < -0.3 is 15.0 Å². The highest BCUT2D eigenvalue weighted by molar-refractivity contribution is 6.13. The lowest BCUT2D eigenvalue weighted by molar-refractivity contribution is -0.136. The van der Waals surface area contributed by atoms with Crippen molar-refractivity contribution >= 4 is 22.5 Å². The van der Waals surface area contributed by atoms with Crippen LogP contribution in [0.4, 0.5) is 18.9 Å². The Morgan fingerprint density at radius 1 is 1.17 bits per heavy atom. The Kier molecular flexibility index (Phi) is 3.92. The Hall–Kier alpha value is -2.96. The second kappa shape index (κ2) is 5.92. The van der Waals surface area contributed by atoms with Crippen molar-refractivity contribution in [2.75, 3.05) is 12.4 Å². The van der Waals surface area contributed by atoms with E-state index in [9.17, 15) is 18.0 Å². The van der Waals surface area contributed by atoms with E-state index in [2.05, 4.69) is 10.3 Å². The second-order valence-corrected chi connectivity index (χ2v) is 5.11. The molecule has 3 aromatic rings. The third-order valence-electron chi connectivity index (χ3n) is 3.61. The molecule has 124 valence electrons. The minimum atomic E-state index is -4.54. The number of hydrogen-bond acceptors (Lipinski definition) is 2. The van der Waals surface area contributed by atoms with Crippen molar-refractivity contribution < 1.29 is 22.7 Å². The molecular weight excluding hydrogens is 321 g/mol. The normalized spacial score (nSPS) is 11.5. The Morgan fingerprint density at radius 3 is 2.62 bits per heavy atom. The lowest BCUT2D eigenvalue weighted by atomic mass is 10.1. The number of benzene rings is 2. The summed E-state index contributed by atoms with van der Waals surface area (Å²) in [6.07, 6.45) is -3.09. The fourth-order valence-corrected chi connectivity index (χ4v) is 2.45. The van der Waals surface area contributed by atoms with Gasteiger partial charge in [-0.05, 0) is 24.3 Å². The van der Waals surface area contributed by atoms with Crippen molar-refractivity contribution in [2.45, 2.75) is 6.18 Å². The number of H-pyrrole nitrogens is 1. The maximum atomic E-state index is 13.0. The van der Waals surface area contributed by atoms with Crippen molar-refractivity contribution in [3.05, 3.63) is 59.8 Å². The molecule has 2 aromatic carbocycles. The number of methoxy groups -OCH3 is 1. The van der Waals surface area contributed by atoms with Gasteiger partial charge in [0.05, 0.1) is 23.9 Å². The van der Waals surface area contributed by atoms with Gasteiger partial charge in [0.2, 0.25) is 0 Å². The largest absolute Gasteiger partial charge is 0.497 e. The van der Waals surface area contributed by atoms with Gasteiger partial charge in [-0.2, -0.15) is 13.2 Å². The molecule has 0 radical (unpaired) electrons. The van der Waals surface area contributed by atoms with Crippen molar-refractivity contribution in [3.8, 4) is 5.75 Å². The van der Waals surface area contributed by atoms with Crippen LogP contribution < -0.4 is 10.1 Å². The summed E-state index contributed by atoms with van der Waals surface area (Å²) < 4.78 is 44.1. The van der Waals surface area contributed by atoms with Gasteiger partial charge in [0.25, 0.3) is 5.91 Å². The summed E-state index contributed by atoms with van der Waals surface area (Å²) in [6, 6.07) is 9.91. The Morgan fingerprint density at radius 2 is 1.92 bits per heavy atom. The quantitative estimate of drug-likeness (QED) is 0.744. The number of hydrogen-bond donors (Lipinski definition) is 2. The lowest BCUT2D eigenvalue weighted by Crippen LogP contribution is -2.16. The second-order valence-electron chi connectivity index (χ2n) is 5.11. The van der Waals surface area contributed by atoms with Gasteiger partial charge in [0, 0.05) is 23.2 Å². The third-order valence-corrected chi connectivity index (χ3v) is 3.61. The third kappa shape index (κ3) is 2.92. The van der Waals surface area contributed by atoms with Gasteiger partial charge in [-0.1, -0.05) is 12.1 Å². The molecule has 0 saturated carbocycles. The van der Waals surface area contributed by atoms with E-state index in [1.807, 2.05) is 0 Å². The molecule has 0 fully saturated rings. The first-order valence-electron chi connectivity index (χ1n) is 7.03. The van der Waals surface area contributed by atoms with E-state index in [-0.39, 0.29) is 11.3 Å². The van der Waals surface area contributed by atoms with Crippen molar-refractivity contribution in [2.24, 2.45) is 0 Å². The van der Waals surface area contributed by atoms with Gasteiger partial charge in [0.15, 0.2) is 0 Å². The van der Waals surface area contributed by atoms with Gasteiger partial charge in [-0.25, -0.2) is 0 Å². The summed E-state index contributed by atoms with van der Waals surface area (Å²) in [4.78, 5) is 15.3. The molecule has 0 aliphatic rings. The average Bonchev–Trinajstić information content (AvgIpc) is 2.97. The zero-order chi connectivity index (χ0) is 17.3. The summed E-state index contributed by atoms with van der Waals surface area (Å²) in [5.74, 6) is -0.0122. The minimum Gasteiger partial charge on any atom is -0.497 e. The standard InChI is InChI=1S/C17H13F3N2O2/c1-24-10-6-7-11-12(9-21-15(11)8-10)16(23)22-14-5-3-2-4-13(14)17(18,19)20/h2-9,21H,1H3,(H,22,23). The van der Waals surface area contributed by atoms with Crippen LogP contribution >= 0.6 is 0 Å². The summed E-state index contributed by atoms with van der Waals surface area (Å²) in [7, 11) is 1.52. The molecular formula is C17H13F3N2O2. The molecule has 7 heteroatoms. The predicted molar refractivity (Wildman–Crippen MR) is 84.2 cm³/mol. The van der Waals surface area contributed by atoms with Crippen LogP contribution in [0.3, 0.4) is 0 Å². The molecule has 0 saturated heterocycles. The van der Waals surface area contributed by atoms with Crippen LogP contribution in [0.5, 0.6) is 5.75 Å². The summed E-state index contributed by atoms with van der Waals surface area (Å²) in [5, 5.41) is 2.93. The number of fused-ring (bicyclic) bond motifs is 1. The number of alkyl halides is 3. The van der Waals surface area contributed by atoms with E-state index >= 15 is 0 Å². The van der Waals surface area contributed by atoms with Crippen LogP contribution in [-0.4, -0.2) is 18.0 Å². The highest BCUT2D eigenvalue weighted by Gasteiger charge is 2.33. The molecule has 0 aliphatic carbocycles. The molecule has 3 rings (SSSR count). The van der Waals surface area contributed by atoms with E-state index in [0.29, 0.717) is 16.7 Å². The van der Waals surface area contributed by atoms with E-state index < -0.39 is 17.6 Å². The predicted octanol–water partition coefficient (Wildman–Crippen LogP) is 4.45. The van der Waals surface area contributed by atoms with Crippen LogP contribution in [0.1, 0.15) is 15.9 Å². The molecule has 1 amide bonds. The van der Waals surface area contributed by atoms with Crippen LogP contribution in [0.25, 0.3) is 10.9 Å². The molecule has 2 N–H and O–H groups in total. The maximum Gasteiger partial charge on any atom is 0.418 e. The van der Waals surface area contributed by atoms with Crippen LogP contribution in [0.2, 0.25) is 0 Å². The summed E-state index contributed by atoms with van der Waals surface area (Å²) >= 11 is 0. The number of carbonyl (C=O) groups excluding carboxylic acids is 1. The van der Waals surface area contributed by atoms with Gasteiger partial charge >= 0.3 is 6.18 Å². The minimum absolute atomic E-state index is 0.254. The number of aromatic amines is 1. The van der Waals surface area contributed by atoms with E-state index in [0.717, 1.165) is 6.07 Å². The average molecular weight is 334 g/mol. The number of amides is 1. The first kappa shape index (κ1) is 15.9. The summed E-state index contributed by atoms with van der Waals surface area (Å²) in [6.45, 7) is 0. The van der Waals surface area contributed by atoms with Crippen LogP contribution in [0, 0.1) is 0 Å². The number of aromatic nitrogens is 1. The van der Waals surface area contributed by atoms with Crippen molar-refractivity contribution in [1.29, 1.82) is 0 Å². The smallest absolute Gasteiger partial charge is 0.418 e. The number of para-hydroxylation sites is 1. The monoisotopic (exact) mass is 334 g/mol. The first-order valence-corrected chi connectivity index (χ1v) is 7.03. The van der Waals surface area contributed by atoms with Gasteiger partial charge in [-0.3, -0.25) is 4.79 Å². The Balaban J connectivity index is 1.94. The lowest BCUT2D eigenvalue weighted by Gasteiger charge is -2.13. The molecule has 0 atom stereocenters. The SMILES string of the molecule is COc1ccc2c(C(=O)Nc3ccccc3C(F)(F)F)c[nH]c2c1. The highest BCUT2D eigenvalue weighted by atomic mass is 19.4. The van der Waals surface area contributed by atoms with E-state index in [4.69, 9.17) is 4.74 Å². The van der Waals surface area contributed by atoms with Crippen molar-refractivity contribution in [3.63, 3.8) is 0 Å². The fourth-order valence-electron chi connectivity index (χ4n) is 2.45. The summed E-state index contributed by atoms with van der Waals surface area (Å²) in [5.41, 5.74) is -0.258. The number of anilines is 1. The molecule has 0 bridgehead atoms. The molecule has 4 nitrogen and oxygen atoms in total. The van der Waals surface area contributed by atoms with E-state index in [1.54, 1.807) is 18.2 Å². The number of nitrogens with one attached hydrogen (secondary N) is 2. The topological polar surface area (TPSA) is 54.1 Å². The highest BCUT2D eigenvalue weighted by Crippen LogP contribution is 2.35. The molecule has 0 unspecified atom stereocenters. The van der Waals surface area contributed by atoms with Gasteiger partial charge in [0.1, 0.15) is 5.75 Å². The molecule has 0 spiro atoms. The number of carbonyl (C=O) groups is 1. The van der Waals surface area contributed by atoms with Crippen LogP contribution in [-0.2, 0) is 6.18 Å². The van der Waals surface area contributed by atoms with Crippen molar-refractivity contribution in [1.82, 2.24) is 4.98 Å². The Labute approximate surface area is 135 Å². The molecule has 1 heterocycles. The molecule has 0 aliphatic heterocycles. The van der Waals surface area contributed by atoms with Gasteiger partial charge in [-0.15, -0.1) is 0 Å². The first-order chi connectivity index (χ1) is 11.4. The number of rotatable bonds is 3. The maximum absolute atomic E-state index is 13.0. The fraction of sp³-hybridized carbons (Fsp3) is 0.118. The Bertz CT molecular complexity index is 900.